The van der Waals surface area contributed by atoms with E-state index in [0.29, 0.717) is 12.1 Å². The van der Waals surface area contributed by atoms with Crippen LogP contribution in [0.4, 0.5) is 5.69 Å². The molecule has 1 atom stereocenters. The lowest BCUT2D eigenvalue weighted by atomic mass is 9.84. The third-order valence-electron chi connectivity index (χ3n) is 3.82. The predicted octanol–water partition coefficient (Wildman–Crippen LogP) is 3.55. The number of rotatable bonds is 3. The average Bonchev–Trinajstić information content (AvgIpc) is 2.61. The van der Waals surface area contributed by atoms with Crippen LogP contribution in [-0.4, -0.2) is 22.8 Å². The highest BCUT2D eigenvalue weighted by Crippen LogP contribution is 2.37. The van der Waals surface area contributed by atoms with Crippen LogP contribution >= 0.6 is 0 Å². The topological polar surface area (TPSA) is 57.6 Å². The molecule has 4 nitrogen and oxygen atoms in total. The number of carbonyl (C=O) groups excluding carboxylic acids is 2. The Bertz CT molecular complexity index is 635. The predicted molar refractivity (Wildman–Crippen MR) is 86.9 cm³/mol. The van der Waals surface area contributed by atoms with Gasteiger partial charge in [-0.1, -0.05) is 38.5 Å². The first-order valence-corrected chi connectivity index (χ1v) is 7.46. The van der Waals surface area contributed by atoms with Gasteiger partial charge < -0.3 is 5.11 Å². The van der Waals surface area contributed by atoms with Crippen LogP contribution in [0.15, 0.2) is 35.6 Å². The van der Waals surface area contributed by atoms with Gasteiger partial charge in [-0.2, -0.15) is 0 Å². The lowest BCUT2D eigenvalue weighted by Gasteiger charge is -2.31. The van der Waals surface area contributed by atoms with Crippen LogP contribution in [0, 0.1) is 12.3 Å². The van der Waals surface area contributed by atoms with Crippen molar-refractivity contribution in [3.05, 3.63) is 41.2 Å². The fourth-order valence-electron chi connectivity index (χ4n) is 2.84. The van der Waals surface area contributed by atoms with E-state index in [2.05, 4.69) is 20.8 Å². The number of amides is 1. The summed E-state index contributed by atoms with van der Waals surface area (Å²) in [5.74, 6) is -1.17. The van der Waals surface area contributed by atoms with Gasteiger partial charge in [0, 0.05) is 5.69 Å². The van der Waals surface area contributed by atoms with Crippen molar-refractivity contribution in [1.29, 1.82) is 0 Å². The van der Waals surface area contributed by atoms with Crippen molar-refractivity contribution in [3.63, 3.8) is 0 Å². The van der Waals surface area contributed by atoms with Gasteiger partial charge in [-0.25, -0.2) is 0 Å². The second kappa shape index (κ2) is 5.59. The van der Waals surface area contributed by atoms with Crippen molar-refractivity contribution in [3.8, 4) is 0 Å². The highest BCUT2D eigenvalue weighted by molar-refractivity contribution is 6.15. The van der Waals surface area contributed by atoms with E-state index < -0.39 is 17.7 Å². The molecule has 1 aromatic carbocycles. The second-order valence-corrected chi connectivity index (χ2v) is 7.11. The summed E-state index contributed by atoms with van der Waals surface area (Å²) in [7, 11) is 0. The van der Waals surface area contributed by atoms with Crippen LogP contribution in [0.25, 0.3) is 0 Å². The van der Waals surface area contributed by atoms with Crippen LogP contribution in [0.5, 0.6) is 0 Å². The van der Waals surface area contributed by atoms with E-state index in [9.17, 15) is 14.7 Å². The van der Waals surface area contributed by atoms with Gasteiger partial charge in [0.2, 0.25) is 0 Å². The summed E-state index contributed by atoms with van der Waals surface area (Å²) < 4.78 is 0. The Morgan fingerprint density at radius 1 is 1.23 bits per heavy atom. The number of hydrogen-bond donors (Lipinski definition) is 1. The Labute approximate surface area is 131 Å². The number of carbonyl (C=O) groups is 2. The number of aryl methyl sites for hydroxylation is 1. The van der Waals surface area contributed by atoms with Gasteiger partial charge in [0.15, 0.2) is 11.5 Å². The zero-order valence-electron chi connectivity index (χ0n) is 13.8. The SMILES string of the molecule is CC(=O)C1=C(O)C(=O)N(c2ccc(C)cc2)C1CC(C)(C)C. The summed E-state index contributed by atoms with van der Waals surface area (Å²) in [5, 5.41) is 10.1. The minimum Gasteiger partial charge on any atom is -0.503 e. The molecule has 0 fully saturated rings. The Hall–Kier alpha value is -2.10. The molecule has 0 aromatic heterocycles. The number of benzene rings is 1. The summed E-state index contributed by atoms with van der Waals surface area (Å²) in [4.78, 5) is 25.9. The van der Waals surface area contributed by atoms with Crippen molar-refractivity contribution in [2.45, 2.75) is 47.1 Å². The Morgan fingerprint density at radius 3 is 2.23 bits per heavy atom. The standard InChI is InChI=1S/C18H23NO3/c1-11-6-8-13(9-7-11)19-14(10-18(3,4)5)15(12(2)20)16(21)17(19)22/h6-9,14,21H,10H2,1-5H3. The largest absolute Gasteiger partial charge is 0.503 e. The number of aliphatic hydroxyl groups excluding tert-OH is 1. The van der Waals surface area contributed by atoms with E-state index in [0.717, 1.165) is 5.56 Å². The molecule has 1 heterocycles. The second-order valence-electron chi connectivity index (χ2n) is 7.11. The summed E-state index contributed by atoms with van der Waals surface area (Å²) in [6, 6.07) is 7.10. The average molecular weight is 301 g/mol. The smallest absolute Gasteiger partial charge is 0.294 e. The molecular formula is C18H23NO3. The van der Waals surface area contributed by atoms with E-state index in [1.807, 2.05) is 31.2 Å². The number of anilines is 1. The molecule has 0 radical (unpaired) electrons. The minimum atomic E-state index is -0.497. The summed E-state index contributed by atoms with van der Waals surface area (Å²) >= 11 is 0. The third kappa shape index (κ3) is 3.06. The van der Waals surface area contributed by atoms with Crippen molar-refractivity contribution < 1.29 is 14.7 Å². The maximum atomic E-state index is 12.5. The van der Waals surface area contributed by atoms with Gasteiger partial charge in [-0.15, -0.1) is 0 Å². The van der Waals surface area contributed by atoms with Gasteiger partial charge in [-0.05, 0) is 37.8 Å². The fraction of sp³-hybridized carbons (Fsp3) is 0.444. The number of nitrogens with zero attached hydrogens (tertiary/aromatic N) is 1. The van der Waals surface area contributed by atoms with Crippen LogP contribution in [-0.2, 0) is 9.59 Å². The number of Topliss-reactive ketones (excluding diaryl/α,β-unsaturated/α-hetero) is 1. The van der Waals surface area contributed by atoms with Crippen LogP contribution in [0.1, 0.15) is 39.7 Å². The molecule has 1 aliphatic rings. The maximum absolute atomic E-state index is 12.5. The molecule has 0 bridgehead atoms. The van der Waals surface area contributed by atoms with Crippen LogP contribution in [0.3, 0.4) is 0 Å². The van der Waals surface area contributed by atoms with Gasteiger partial charge in [-0.3, -0.25) is 14.5 Å². The molecule has 22 heavy (non-hydrogen) atoms. The molecule has 1 N–H and O–H groups in total. The first kappa shape index (κ1) is 16.3. The first-order chi connectivity index (χ1) is 10.1. The Balaban J connectivity index is 2.50. The molecule has 1 unspecified atom stereocenters. The molecule has 2 rings (SSSR count). The van der Waals surface area contributed by atoms with Gasteiger partial charge in [0.1, 0.15) is 0 Å². The van der Waals surface area contributed by atoms with E-state index in [4.69, 9.17) is 0 Å². The molecule has 0 saturated carbocycles. The quantitative estimate of drug-likeness (QED) is 0.929. The zero-order chi connectivity index (χ0) is 16.7. The zero-order valence-corrected chi connectivity index (χ0v) is 13.8. The van der Waals surface area contributed by atoms with E-state index in [1.165, 1.54) is 11.8 Å². The van der Waals surface area contributed by atoms with Gasteiger partial charge in [0.05, 0.1) is 11.6 Å². The lowest BCUT2D eigenvalue weighted by molar-refractivity contribution is -0.117. The summed E-state index contributed by atoms with van der Waals surface area (Å²) in [5.41, 5.74) is 1.93. The summed E-state index contributed by atoms with van der Waals surface area (Å²) in [6.45, 7) is 9.53. The lowest BCUT2D eigenvalue weighted by Crippen LogP contribution is -2.39. The van der Waals surface area contributed by atoms with E-state index in [-0.39, 0.29) is 16.8 Å². The number of aliphatic hydroxyl groups is 1. The highest BCUT2D eigenvalue weighted by atomic mass is 16.3. The van der Waals surface area contributed by atoms with E-state index in [1.54, 1.807) is 0 Å². The normalized spacial score (nSPS) is 19.0. The molecule has 0 aliphatic carbocycles. The molecule has 4 heteroatoms. The molecule has 1 aromatic rings. The number of ketones is 1. The van der Waals surface area contributed by atoms with E-state index >= 15 is 0 Å². The van der Waals surface area contributed by atoms with Crippen molar-refractivity contribution >= 4 is 17.4 Å². The monoisotopic (exact) mass is 301 g/mol. The molecule has 118 valence electrons. The molecule has 1 aliphatic heterocycles. The third-order valence-corrected chi connectivity index (χ3v) is 3.82. The molecule has 0 saturated heterocycles. The molecule has 1 amide bonds. The van der Waals surface area contributed by atoms with Gasteiger partial charge in [0.25, 0.3) is 5.91 Å². The molecule has 0 spiro atoms. The highest BCUT2D eigenvalue weighted by Gasteiger charge is 2.43. The van der Waals surface area contributed by atoms with Crippen LogP contribution < -0.4 is 4.90 Å². The first-order valence-electron chi connectivity index (χ1n) is 7.46. The van der Waals surface area contributed by atoms with Crippen molar-refractivity contribution in [2.75, 3.05) is 4.90 Å². The molecular weight excluding hydrogens is 278 g/mol. The fourth-order valence-corrected chi connectivity index (χ4v) is 2.84. The maximum Gasteiger partial charge on any atom is 0.294 e. The van der Waals surface area contributed by atoms with Crippen molar-refractivity contribution in [1.82, 2.24) is 0 Å². The van der Waals surface area contributed by atoms with Crippen molar-refractivity contribution in [2.24, 2.45) is 5.41 Å². The Morgan fingerprint density at radius 2 is 1.77 bits per heavy atom. The summed E-state index contributed by atoms with van der Waals surface area (Å²) in [6.07, 6.45) is 0.603. The van der Waals surface area contributed by atoms with Crippen LogP contribution in [0.2, 0.25) is 0 Å². The Kier molecular flexibility index (Phi) is 4.14. The minimum absolute atomic E-state index is 0.0841. The van der Waals surface area contributed by atoms with Gasteiger partial charge >= 0.3 is 0 Å². The number of hydrogen-bond acceptors (Lipinski definition) is 3.